The van der Waals surface area contributed by atoms with Gasteiger partial charge in [0, 0.05) is 26.2 Å². The Morgan fingerprint density at radius 1 is 0.969 bits per heavy atom. The first-order valence-electron chi connectivity index (χ1n) is 11.0. The van der Waals surface area contributed by atoms with Gasteiger partial charge in [-0.25, -0.2) is 13.4 Å². The molecule has 1 saturated heterocycles. The number of imidazole rings is 1. The highest BCUT2D eigenvalue weighted by atomic mass is 32.2. The summed E-state index contributed by atoms with van der Waals surface area (Å²) in [5.74, 6) is 0.302. The average molecular weight is 461 g/mol. The largest absolute Gasteiger partial charge is 0.320 e. The second-order valence-corrected chi connectivity index (χ2v) is 10.4. The number of rotatable bonds is 5. The molecule has 1 atom stereocenters. The van der Waals surface area contributed by atoms with Crippen LogP contribution < -0.4 is 0 Å². The fourth-order valence-corrected chi connectivity index (χ4v) is 6.39. The number of sulfonamides is 1. The van der Waals surface area contributed by atoms with Gasteiger partial charge in [-0.15, -0.1) is 0 Å². The predicted molar refractivity (Wildman–Crippen MR) is 118 cm³/mol. The van der Waals surface area contributed by atoms with Crippen molar-refractivity contribution in [2.45, 2.75) is 43.7 Å². The van der Waals surface area contributed by atoms with Crippen LogP contribution in [0.1, 0.15) is 42.9 Å². The molecule has 2 aromatic carbocycles. The van der Waals surface area contributed by atoms with E-state index in [4.69, 9.17) is 0 Å². The third-order valence-corrected chi connectivity index (χ3v) is 8.62. The van der Waals surface area contributed by atoms with E-state index in [2.05, 4.69) is 4.98 Å². The zero-order valence-electron chi connectivity index (χ0n) is 17.9. The third kappa shape index (κ3) is 3.62. The lowest BCUT2D eigenvalue weighted by Crippen LogP contribution is -2.49. The minimum atomic E-state index is -3.57. The van der Waals surface area contributed by atoms with Gasteiger partial charge in [-0.1, -0.05) is 18.2 Å². The molecule has 2 aliphatic rings. The fourth-order valence-electron chi connectivity index (χ4n) is 4.92. The van der Waals surface area contributed by atoms with Crippen molar-refractivity contribution in [2.75, 3.05) is 26.2 Å². The first-order valence-corrected chi connectivity index (χ1v) is 12.4. The number of halogens is 2. The van der Waals surface area contributed by atoms with Gasteiger partial charge in [0.05, 0.1) is 22.0 Å². The van der Waals surface area contributed by atoms with Crippen molar-refractivity contribution in [3.8, 4) is 0 Å². The predicted octanol–water partition coefficient (Wildman–Crippen LogP) is 3.99. The summed E-state index contributed by atoms with van der Waals surface area (Å²) in [5.41, 5.74) is 3.31. The van der Waals surface area contributed by atoms with Crippen LogP contribution in [-0.2, 0) is 22.9 Å². The van der Waals surface area contributed by atoms with Gasteiger partial charge < -0.3 is 0 Å². The maximum atomic E-state index is 13.8. The van der Waals surface area contributed by atoms with Gasteiger partial charge in [0.2, 0.25) is 10.0 Å². The molecule has 0 amide bonds. The Labute approximate surface area is 186 Å². The molecule has 1 aromatic heterocycles. The highest BCUT2D eigenvalue weighted by Gasteiger charge is 2.33. The lowest BCUT2D eigenvalue weighted by molar-refractivity contribution is 0.0616. The standard InChI is InChI=1S/C23H26F2N4O2S/c1-16(22-26-20-7-2-3-8-21(20)29(22)23(24)25)27-11-13-28(14-12-27)32(30,31)19-10-9-17-5-4-6-18(17)15-19/h2-3,7-10,15-16,23H,4-6,11-14H2,1H3. The van der Waals surface area contributed by atoms with Crippen LogP contribution in [0.4, 0.5) is 8.78 Å². The molecule has 1 aliphatic carbocycles. The number of benzene rings is 2. The third-order valence-electron chi connectivity index (χ3n) is 6.72. The van der Waals surface area contributed by atoms with E-state index in [1.54, 1.807) is 30.3 Å². The summed E-state index contributed by atoms with van der Waals surface area (Å²) in [5, 5.41) is 0. The van der Waals surface area contributed by atoms with Gasteiger partial charge >= 0.3 is 6.55 Å². The second kappa shape index (κ2) is 8.20. The molecule has 3 aromatic rings. The Morgan fingerprint density at radius 2 is 1.69 bits per heavy atom. The van der Waals surface area contributed by atoms with Crippen molar-refractivity contribution >= 4 is 21.1 Å². The molecule has 32 heavy (non-hydrogen) atoms. The van der Waals surface area contributed by atoms with Crippen molar-refractivity contribution < 1.29 is 17.2 Å². The zero-order valence-corrected chi connectivity index (χ0v) is 18.7. The number of aryl methyl sites for hydroxylation is 2. The molecule has 9 heteroatoms. The van der Waals surface area contributed by atoms with Crippen molar-refractivity contribution in [3.05, 3.63) is 59.4 Å². The minimum Gasteiger partial charge on any atom is -0.291 e. The van der Waals surface area contributed by atoms with E-state index in [-0.39, 0.29) is 6.04 Å². The zero-order chi connectivity index (χ0) is 22.5. The molecule has 6 nitrogen and oxygen atoms in total. The van der Waals surface area contributed by atoms with E-state index < -0.39 is 16.6 Å². The molecule has 2 heterocycles. The Kier molecular flexibility index (Phi) is 5.51. The van der Waals surface area contributed by atoms with E-state index in [1.807, 2.05) is 24.0 Å². The van der Waals surface area contributed by atoms with Crippen LogP contribution in [0.3, 0.4) is 0 Å². The van der Waals surface area contributed by atoms with Gasteiger partial charge in [0.15, 0.2) is 0 Å². The number of piperazine rings is 1. The Balaban J connectivity index is 1.34. The summed E-state index contributed by atoms with van der Waals surface area (Å²) >= 11 is 0. The number of aromatic nitrogens is 2. The molecular formula is C23H26F2N4O2S. The Bertz CT molecular complexity index is 1250. The van der Waals surface area contributed by atoms with Crippen molar-refractivity contribution in [3.63, 3.8) is 0 Å². The molecule has 1 unspecified atom stereocenters. The van der Waals surface area contributed by atoms with Crippen LogP contribution in [0.15, 0.2) is 47.4 Å². The molecule has 0 radical (unpaired) electrons. The molecule has 1 aliphatic heterocycles. The summed E-state index contributed by atoms with van der Waals surface area (Å²) in [6.07, 6.45) is 3.00. The maximum absolute atomic E-state index is 13.8. The lowest BCUT2D eigenvalue weighted by Gasteiger charge is -2.37. The quantitative estimate of drug-likeness (QED) is 0.578. The van der Waals surface area contributed by atoms with Crippen LogP contribution in [0.5, 0.6) is 0 Å². The summed E-state index contributed by atoms with van der Waals surface area (Å²) in [6.45, 7) is 0.707. The molecule has 170 valence electrons. The number of hydrogen-bond donors (Lipinski definition) is 0. The van der Waals surface area contributed by atoms with Crippen LogP contribution in [-0.4, -0.2) is 53.4 Å². The first kappa shape index (κ1) is 21.5. The van der Waals surface area contributed by atoms with E-state index in [0.29, 0.717) is 47.9 Å². The molecule has 5 rings (SSSR count). The molecule has 0 bridgehead atoms. The van der Waals surface area contributed by atoms with Crippen LogP contribution in [0.2, 0.25) is 0 Å². The van der Waals surface area contributed by atoms with Gasteiger partial charge in [-0.2, -0.15) is 13.1 Å². The molecule has 0 N–H and O–H groups in total. The Morgan fingerprint density at radius 3 is 2.44 bits per heavy atom. The second-order valence-electron chi connectivity index (χ2n) is 8.51. The smallest absolute Gasteiger partial charge is 0.291 e. The average Bonchev–Trinajstić information content (AvgIpc) is 3.42. The first-order chi connectivity index (χ1) is 15.4. The van der Waals surface area contributed by atoms with E-state index in [1.165, 1.54) is 9.87 Å². The maximum Gasteiger partial charge on any atom is 0.320 e. The Hall–Kier alpha value is -2.36. The van der Waals surface area contributed by atoms with Crippen molar-refractivity contribution in [1.82, 2.24) is 18.8 Å². The monoisotopic (exact) mass is 460 g/mol. The molecular weight excluding hydrogens is 434 g/mol. The number of nitrogens with zero attached hydrogens (tertiary/aromatic N) is 4. The van der Waals surface area contributed by atoms with E-state index >= 15 is 0 Å². The number of alkyl halides is 2. The normalized spacial score (nSPS) is 19.0. The van der Waals surface area contributed by atoms with Crippen LogP contribution >= 0.6 is 0 Å². The van der Waals surface area contributed by atoms with Gasteiger partial charge in [0.25, 0.3) is 0 Å². The molecule has 0 saturated carbocycles. The number of para-hydroxylation sites is 2. The molecule has 0 spiro atoms. The summed E-state index contributed by atoms with van der Waals surface area (Å²) < 4.78 is 56.5. The van der Waals surface area contributed by atoms with E-state index in [9.17, 15) is 17.2 Å². The van der Waals surface area contributed by atoms with Crippen molar-refractivity contribution in [2.24, 2.45) is 0 Å². The SMILES string of the molecule is CC(c1nc2ccccc2n1C(F)F)N1CCN(S(=O)(=O)c2ccc3c(c2)CCC3)CC1. The summed E-state index contributed by atoms with van der Waals surface area (Å²) in [6, 6.07) is 12.0. The summed E-state index contributed by atoms with van der Waals surface area (Å²) in [4.78, 5) is 6.84. The number of fused-ring (bicyclic) bond motifs is 2. The summed E-state index contributed by atoms with van der Waals surface area (Å²) in [7, 11) is -3.57. The van der Waals surface area contributed by atoms with Crippen molar-refractivity contribution in [1.29, 1.82) is 0 Å². The van der Waals surface area contributed by atoms with Crippen LogP contribution in [0.25, 0.3) is 11.0 Å². The topological polar surface area (TPSA) is 58.4 Å². The highest BCUT2D eigenvalue weighted by Crippen LogP contribution is 2.31. The minimum absolute atomic E-state index is 0.302. The van der Waals surface area contributed by atoms with Gasteiger partial charge in [-0.05, 0) is 61.6 Å². The molecule has 1 fully saturated rings. The van der Waals surface area contributed by atoms with Gasteiger partial charge in [-0.3, -0.25) is 9.47 Å². The highest BCUT2D eigenvalue weighted by molar-refractivity contribution is 7.89. The lowest BCUT2D eigenvalue weighted by atomic mass is 10.1. The fraction of sp³-hybridized carbons (Fsp3) is 0.435. The number of hydrogen-bond acceptors (Lipinski definition) is 4. The van der Waals surface area contributed by atoms with Gasteiger partial charge in [0.1, 0.15) is 5.82 Å². The van der Waals surface area contributed by atoms with E-state index in [0.717, 1.165) is 29.4 Å². The van der Waals surface area contributed by atoms with Crippen LogP contribution in [0, 0.1) is 0 Å².